The van der Waals surface area contributed by atoms with E-state index in [-0.39, 0.29) is 12.5 Å². The Balaban J connectivity index is 2.70. The third-order valence-electron chi connectivity index (χ3n) is 2.11. The summed E-state index contributed by atoms with van der Waals surface area (Å²) in [6, 6.07) is 9.15. The van der Waals surface area contributed by atoms with Gasteiger partial charge in [0, 0.05) is 28.9 Å². The van der Waals surface area contributed by atoms with E-state index >= 15 is 0 Å². The molecule has 0 radical (unpaired) electrons. The molecule has 0 bridgehead atoms. The normalized spacial score (nSPS) is 11.8. The third-order valence-corrected chi connectivity index (χ3v) is 2.99. The smallest absolute Gasteiger partial charge is 0.304 e. The second-order valence-corrected chi connectivity index (χ2v) is 4.04. The van der Waals surface area contributed by atoms with E-state index in [1.807, 2.05) is 28.9 Å². The van der Waals surface area contributed by atoms with Crippen molar-refractivity contribution in [1.82, 2.24) is 3.53 Å². The van der Waals surface area contributed by atoms with Crippen LogP contribution in [0.4, 0.5) is 0 Å². The van der Waals surface area contributed by atoms with Crippen LogP contribution in [0.3, 0.4) is 0 Å². The molecular formula is C11H11IN2O2. The van der Waals surface area contributed by atoms with Gasteiger partial charge in [0.1, 0.15) is 0 Å². The van der Waals surface area contributed by atoms with Crippen molar-refractivity contribution in [2.24, 2.45) is 0 Å². The molecule has 0 aliphatic rings. The van der Waals surface area contributed by atoms with Gasteiger partial charge in [-0.2, -0.15) is 5.26 Å². The summed E-state index contributed by atoms with van der Waals surface area (Å²) >= 11 is 1.95. The maximum atomic E-state index is 10.6. The summed E-state index contributed by atoms with van der Waals surface area (Å²) in [5.74, 6) is -0.828. The van der Waals surface area contributed by atoms with E-state index in [0.717, 1.165) is 5.56 Å². The van der Waals surface area contributed by atoms with Gasteiger partial charge >= 0.3 is 5.97 Å². The fourth-order valence-corrected chi connectivity index (χ4v) is 1.85. The number of rotatable bonds is 5. The van der Waals surface area contributed by atoms with E-state index in [0.29, 0.717) is 12.0 Å². The number of hydrogen-bond acceptors (Lipinski definition) is 3. The number of benzene rings is 1. The molecule has 0 aliphatic heterocycles. The van der Waals surface area contributed by atoms with Gasteiger partial charge < -0.3 is 5.11 Å². The van der Waals surface area contributed by atoms with Crippen LogP contribution >= 0.6 is 22.9 Å². The Morgan fingerprint density at radius 1 is 1.62 bits per heavy atom. The third kappa shape index (κ3) is 4.16. The lowest BCUT2D eigenvalue weighted by atomic mass is 10.0. The van der Waals surface area contributed by atoms with Gasteiger partial charge in [0.2, 0.25) is 0 Å². The largest absolute Gasteiger partial charge is 0.481 e. The number of nitriles is 1. The summed E-state index contributed by atoms with van der Waals surface area (Å²) in [7, 11) is 0. The van der Waals surface area contributed by atoms with Gasteiger partial charge in [0.15, 0.2) is 0 Å². The van der Waals surface area contributed by atoms with Crippen LogP contribution in [0, 0.1) is 11.3 Å². The molecule has 5 heteroatoms. The predicted molar refractivity (Wildman–Crippen MR) is 68.1 cm³/mol. The standard InChI is InChI=1S/C11H11IN2O2/c12-14-10(6-11(15)16)5-8-2-1-3-9(4-8)7-13/h1-4,10,14H,5-6H2,(H,15,16). The van der Waals surface area contributed by atoms with Crippen LogP contribution < -0.4 is 3.53 Å². The highest BCUT2D eigenvalue weighted by Crippen LogP contribution is 2.09. The number of aliphatic carboxylic acids is 1. The van der Waals surface area contributed by atoms with E-state index in [9.17, 15) is 4.79 Å². The molecule has 0 heterocycles. The average molecular weight is 330 g/mol. The van der Waals surface area contributed by atoms with E-state index in [1.54, 1.807) is 18.2 Å². The molecule has 1 rings (SSSR count). The molecule has 0 amide bonds. The molecule has 1 aromatic carbocycles. The van der Waals surface area contributed by atoms with Crippen LogP contribution in [0.25, 0.3) is 0 Å². The molecule has 0 aromatic heterocycles. The molecule has 1 atom stereocenters. The van der Waals surface area contributed by atoms with E-state index in [2.05, 4.69) is 9.60 Å². The molecule has 16 heavy (non-hydrogen) atoms. The fourth-order valence-electron chi connectivity index (χ4n) is 1.41. The Hall–Kier alpha value is -1.13. The van der Waals surface area contributed by atoms with Gasteiger partial charge in [-0.25, -0.2) is 0 Å². The van der Waals surface area contributed by atoms with Crippen molar-refractivity contribution in [2.75, 3.05) is 0 Å². The molecule has 0 saturated heterocycles. The molecule has 0 fully saturated rings. The van der Waals surface area contributed by atoms with Crippen LogP contribution in [-0.2, 0) is 11.2 Å². The van der Waals surface area contributed by atoms with Crippen molar-refractivity contribution in [3.05, 3.63) is 35.4 Å². The zero-order valence-corrected chi connectivity index (χ0v) is 10.6. The van der Waals surface area contributed by atoms with Crippen molar-refractivity contribution in [2.45, 2.75) is 18.9 Å². The highest BCUT2D eigenvalue weighted by molar-refractivity contribution is 14.1. The highest BCUT2D eigenvalue weighted by Gasteiger charge is 2.12. The van der Waals surface area contributed by atoms with E-state index in [4.69, 9.17) is 10.4 Å². The van der Waals surface area contributed by atoms with Crippen LogP contribution in [-0.4, -0.2) is 17.1 Å². The summed E-state index contributed by atoms with van der Waals surface area (Å²) < 4.78 is 2.93. The average Bonchev–Trinajstić information content (AvgIpc) is 2.28. The molecule has 0 saturated carbocycles. The molecule has 4 nitrogen and oxygen atoms in total. The molecule has 0 aliphatic carbocycles. The summed E-state index contributed by atoms with van der Waals surface area (Å²) in [6.45, 7) is 0. The number of nitrogens with zero attached hydrogens (tertiary/aromatic N) is 1. The Labute approximate surface area is 108 Å². The minimum Gasteiger partial charge on any atom is -0.481 e. The zero-order valence-electron chi connectivity index (χ0n) is 8.48. The monoisotopic (exact) mass is 330 g/mol. The minimum atomic E-state index is -0.828. The fraction of sp³-hybridized carbons (Fsp3) is 0.273. The molecule has 1 unspecified atom stereocenters. The van der Waals surface area contributed by atoms with Gasteiger partial charge in [0.25, 0.3) is 0 Å². The summed E-state index contributed by atoms with van der Waals surface area (Å²) in [5, 5.41) is 17.4. The van der Waals surface area contributed by atoms with Crippen molar-refractivity contribution in [3.63, 3.8) is 0 Å². The van der Waals surface area contributed by atoms with Crippen molar-refractivity contribution < 1.29 is 9.90 Å². The number of carbonyl (C=O) groups is 1. The SMILES string of the molecule is N#Cc1cccc(CC(CC(=O)O)NI)c1. The molecular weight excluding hydrogens is 319 g/mol. The lowest BCUT2D eigenvalue weighted by Crippen LogP contribution is -2.26. The van der Waals surface area contributed by atoms with Crippen molar-refractivity contribution in [1.29, 1.82) is 5.26 Å². The number of nitrogens with one attached hydrogen (secondary N) is 1. The molecule has 2 N–H and O–H groups in total. The maximum Gasteiger partial charge on any atom is 0.304 e. The van der Waals surface area contributed by atoms with E-state index in [1.165, 1.54) is 0 Å². The van der Waals surface area contributed by atoms with Crippen LogP contribution in [0.2, 0.25) is 0 Å². The number of carboxylic acid groups (broad SMARTS) is 1. The summed E-state index contributed by atoms with van der Waals surface area (Å²) in [4.78, 5) is 10.6. The summed E-state index contributed by atoms with van der Waals surface area (Å²) in [5.41, 5.74) is 1.56. The van der Waals surface area contributed by atoms with E-state index < -0.39 is 5.97 Å². The van der Waals surface area contributed by atoms with Crippen LogP contribution in [0.5, 0.6) is 0 Å². The zero-order chi connectivity index (χ0) is 12.0. The minimum absolute atomic E-state index is 0.0692. The van der Waals surface area contributed by atoms with Crippen molar-refractivity contribution >= 4 is 28.8 Å². The van der Waals surface area contributed by atoms with Gasteiger partial charge in [-0.3, -0.25) is 8.32 Å². The summed E-state index contributed by atoms with van der Waals surface area (Å²) in [6.07, 6.45) is 0.671. The topological polar surface area (TPSA) is 73.1 Å². The highest BCUT2D eigenvalue weighted by atomic mass is 127. The van der Waals surface area contributed by atoms with Gasteiger partial charge in [-0.1, -0.05) is 12.1 Å². The first kappa shape index (κ1) is 12.9. The number of carboxylic acids is 1. The maximum absolute atomic E-state index is 10.6. The molecule has 84 valence electrons. The van der Waals surface area contributed by atoms with Crippen LogP contribution in [0.15, 0.2) is 24.3 Å². The Bertz CT molecular complexity index is 415. The lowest BCUT2D eigenvalue weighted by Gasteiger charge is -2.12. The first-order chi connectivity index (χ1) is 7.65. The second-order valence-electron chi connectivity index (χ2n) is 3.42. The van der Waals surface area contributed by atoms with Gasteiger partial charge in [0.05, 0.1) is 18.1 Å². The van der Waals surface area contributed by atoms with Gasteiger partial charge in [-0.15, -0.1) is 0 Å². The Morgan fingerprint density at radius 3 is 2.94 bits per heavy atom. The Kier molecular flexibility index (Phi) is 5.22. The Morgan fingerprint density at radius 2 is 2.38 bits per heavy atom. The second kappa shape index (κ2) is 6.45. The quantitative estimate of drug-likeness (QED) is 0.639. The van der Waals surface area contributed by atoms with Gasteiger partial charge in [-0.05, 0) is 24.1 Å². The molecule has 1 aromatic rings. The molecule has 0 spiro atoms. The number of hydrogen-bond donors (Lipinski definition) is 2. The predicted octanol–water partition coefficient (Wildman–Crippen LogP) is 1.88. The number of halogens is 1. The first-order valence-electron chi connectivity index (χ1n) is 4.72. The first-order valence-corrected chi connectivity index (χ1v) is 5.80. The van der Waals surface area contributed by atoms with Crippen molar-refractivity contribution in [3.8, 4) is 6.07 Å². The lowest BCUT2D eigenvalue weighted by molar-refractivity contribution is -0.137. The van der Waals surface area contributed by atoms with Crippen LogP contribution in [0.1, 0.15) is 17.5 Å².